The van der Waals surface area contributed by atoms with Crippen LogP contribution in [0.15, 0.2) is 95.9 Å². The number of methoxy groups -OCH3 is 4. The van der Waals surface area contributed by atoms with E-state index in [4.69, 9.17) is 30.5 Å². The van der Waals surface area contributed by atoms with Crippen molar-refractivity contribution in [2.24, 2.45) is 5.92 Å². The van der Waals surface area contributed by atoms with Gasteiger partial charge in [-0.25, -0.2) is 8.42 Å². The molecule has 4 aromatic rings. The van der Waals surface area contributed by atoms with Gasteiger partial charge in [0.1, 0.15) is 0 Å². The number of sulfonamides is 1. The maximum absolute atomic E-state index is 14.1. The number of benzene rings is 4. The number of carbonyl (C=O) groups is 1. The second-order valence-corrected chi connectivity index (χ2v) is 13.4. The molecule has 0 spiro atoms. The Hall–Kier alpha value is -4.29. The number of rotatable bonds is 18. The summed E-state index contributed by atoms with van der Waals surface area (Å²) >= 11 is 6.19. The minimum Gasteiger partial charge on any atom is -0.493 e. The zero-order valence-electron chi connectivity index (χ0n) is 27.4. The van der Waals surface area contributed by atoms with Gasteiger partial charge in [-0.3, -0.25) is 4.79 Å². The van der Waals surface area contributed by atoms with Crippen molar-refractivity contribution in [3.63, 3.8) is 0 Å². The van der Waals surface area contributed by atoms with E-state index < -0.39 is 28.0 Å². The van der Waals surface area contributed by atoms with Crippen LogP contribution in [0, 0.1) is 5.92 Å². The number of aliphatic carboxylic acids is 1. The Morgan fingerprint density at radius 2 is 1.31 bits per heavy atom. The van der Waals surface area contributed by atoms with Gasteiger partial charge in [0.05, 0.1) is 39.3 Å². The number of halogens is 1. The molecule has 0 radical (unpaired) electrons. The average Bonchev–Trinajstić information content (AvgIpc) is 3.10. The fourth-order valence-corrected chi connectivity index (χ4v) is 7.07. The molecule has 0 aliphatic carbocycles. The molecule has 4 rings (SSSR count). The molecule has 0 bridgehead atoms. The van der Waals surface area contributed by atoms with Crippen LogP contribution in [0.4, 0.5) is 0 Å². The zero-order chi connectivity index (χ0) is 34.7. The quantitative estimate of drug-likeness (QED) is 0.131. The molecule has 4 aromatic carbocycles. The number of hydrogen-bond acceptors (Lipinski definition) is 8. The van der Waals surface area contributed by atoms with Crippen LogP contribution >= 0.6 is 11.6 Å². The molecule has 0 amide bonds. The maximum Gasteiger partial charge on any atom is 0.309 e. The largest absolute Gasteiger partial charge is 0.493 e. The third-order valence-corrected chi connectivity index (χ3v) is 10.2. The van der Waals surface area contributed by atoms with Crippen LogP contribution in [-0.2, 0) is 27.7 Å². The van der Waals surface area contributed by atoms with Crippen molar-refractivity contribution in [1.29, 1.82) is 0 Å². The summed E-state index contributed by atoms with van der Waals surface area (Å²) in [5.74, 6) is -0.0624. The zero-order valence-corrected chi connectivity index (χ0v) is 29.0. The van der Waals surface area contributed by atoms with Crippen molar-refractivity contribution < 1.29 is 37.3 Å². The summed E-state index contributed by atoms with van der Waals surface area (Å²) in [6.07, 6.45) is 0.846. The van der Waals surface area contributed by atoms with E-state index in [9.17, 15) is 18.3 Å². The molecule has 0 saturated heterocycles. The van der Waals surface area contributed by atoms with Crippen molar-refractivity contribution in [3.8, 4) is 23.0 Å². The van der Waals surface area contributed by atoms with Gasteiger partial charge in [-0.05, 0) is 84.6 Å². The van der Waals surface area contributed by atoms with E-state index in [-0.39, 0.29) is 18.0 Å². The van der Waals surface area contributed by atoms with E-state index in [0.717, 1.165) is 11.1 Å². The smallest absolute Gasteiger partial charge is 0.309 e. The van der Waals surface area contributed by atoms with Gasteiger partial charge >= 0.3 is 5.97 Å². The number of nitrogens with zero attached hydrogens (tertiary/aromatic N) is 1. The van der Waals surface area contributed by atoms with Crippen LogP contribution in [0.2, 0.25) is 5.02 Å². The normalized spacial score (nSPS) is 12.7. The molecule has 12 heteroatoms. The fourth-order valence-electron chi connectivity index (χ4n) is 5.46. The number of hydrogen-bond donors (Lipinski definition) is 2. The molecule has 256 valence electrons. The van der Waals surface area contributed by atoms with Crippen LogP contribution in [0.5, 0.6) is 23.0 Å². The maximum atomic E-state index is 14.1. The molecule has 2 N–H and O–H groups in total. The van der Waals surface area contributed by atoms with Crippen LogP contribution in [0.3, 0.4) is 0 Å². The number of carboxylic acids is 1. The van der Waals surface area contributed by atoms with Crippen molar-refractivity contribution in [3.05, 3.63) is 113 Å². The second kappa shape index (κ2) is 17.2. The predicted molar refractivity (Wildman–Crippen MR) is 185 cm³/mol. The lowest BCUT2D eigenvalue weighted by Gasteiger charge is -2.31. The van der Waals surface area contributed by atoms with E-state index in [2.05, 4.69) is 5.32 Å². The summed E-state index contributed by atoms with van der Waals surface area (Å²) in [6, 6.07) is 25.1. The molecule has 2 unspecified atom stereocenters. The Morgan fingerprint density at radius 3 is 1.83 bits per heavy atom. The van der Waals surface area contributed by atoms with E-state index in [1.165, 1.54) is 30.7 Å². The molecule has 0 aromatic heterocycles. The van der Waals surface area contributed by atoms with Crippen molar-refractivity contribution >= 4 is 27.6 Å². The fraction of sp³-hybridized carbons (Fsp3) is 0.306. The van der Waals surface area contributed by atoms with Gasteiger partial charge in [0.15, 0.2) is 23.0 Å². The van der Waals surface area contributed by atoms with Crippen molar-refractivity contribution in [2.75, 3.05) is 48.1 Å². The third kappa shape index (κ3) is 9.19. The summed E-state index contributed by atoms with van der Waals surface area (Å²) in [5, 5.41) is 14.5. The highest BCUT2D eigenvalue weighted by atomic mass is 35.5. The lowest BCUT2D eigenvalue weighted by atomic mass is 9.92. The Bertz CT molecular complexity index is 1750. The van der Waals surface area contributed by atoms with E-state index in [1.54, 1.807) is 68.8 Å². The summed E-state index contributed by atoms with van der Waals surface area (Å²) in [7, 11) is 2.11. The van der Waals surface area contributed by atoms with Crippen LogP contribution in [0.1, 0.15) is 22.7 Å². The monoisotopic (exact) mass is 696 g/mol. The topological polar surface area (TPSA) is 124 Å². The lowest BCUT2D eigenvalue weighted by Crippen LogP contribution is -2.44. The minimum atomic E-state index is -4.09. The van der Waals surface area contributed by atoms with Gasteiger partial charge in [0.25, 0.3) is 0 Å². The van der Waals surface area contributed by atoms with Gasteiger partial charge < -0.3 is 29.4 Å². The van der Waals surface area contributed by atoms with Gasteiger partial charge in [-0.15, -0.1) is 0 Å². The van der Waals surface area contributed by atoms with Crippen LogP contribution in [0.25, 0.3) is 0 Å². The number of nitrogens with one attached hydrogen (secondary N) is 1. The summed E-state index contributed by atoms with van der Waals surface area (Å²) in [5.41, 5.74) is 2.41. The molecule has 0 aliphatic heterocycles. The Balaban J connectivity index is 1.66. The third-order valence-electron chi connectivity index (χ3n) is 8.05. The highest BCUT2D eigenvalue weighted by Crippen LogP contribution is 2.31. The van der Waals surface area contributed by atoms with E-state index in [1.807, 2.05) is 24.3 Å². The minimum absolute atomic E-state index is 0.0233. The molecule has 2 atom stereocenters. The summed E-state index contributed by atoms with van der Waals surface area (Å²) in [4.78, 5) is 13.1. The molecule has 0 aliphatic rings. The molecule has 48 heavy (non-hydrogen) atoms. The molecule has 10 nitrogen and oxygen atoms in total. The number of ether oxygens (including phenoxy) is 4. The van der Waals surface area contributed by atoms with Gasteiger partial charge in [-0.1, -0.05) is 54.1 Å². The molecule has 0 heterocycles. The first kappa shape index (κ1) is 36.5. The highest BCUT2D eigenvalue weighted by molar-refractivity contribution is 7.89. The Kier molecular flexibility index (Phi) is 13.1. The first-order chi connectivity index (χ1) is 23.1. The number of carboxylic acid groups (broad SMARTS) is 1. The summed E-state index contributed by atoms with van der Waals surface area (Å²) in [6.45, 7) is 0.121. The molecule has 0 fully saturated rings. The Labute approximate surface area is 287 Å². The molecular weight excluding hydrogens is 656 g/mol. The highest BCUT2D eigenvalue weighted by Gasteiger charge is 2.35. The van der Waals surface area contributed by atoms with E-state index in [0.29, 0.717) is 53.0 Å². The van der Waals surface area contributed by atoms with Gasteiger partial charge in [0.2, 0.25) is 10.0 Å². The van der Waals surface area contributed by atoms with Gasteiger partial charge in [-0.2, -0.15) is 4.31 Å². The average molecular weight is 697 g/mol. The molecule has 0 saturated carbocycles. The van der Waals surface area contributed by atoms with Gasteiger partial charge in [0, 0.05) is 24.2 Å². The standard InChI is InChI=1S/C36H41ClN2O8S/c1-44-31-16-10-25(22-33(31)46-3)18-20-38-35(27-12-14-28(37)15-13-27)30(36(40)41)24-39(48(42,43)29-8-6-5-7-9-29)21-19-26-11-17-32(45-2)34(23-26)47-4/h5-17,22-23,30,35,38H,18-21,24H2,1-4H3,(H,40,41). The van der Waals surface area contributed by atoms with Crippen molar-refractivity contribution in [1.82, 2.24) is 9.62 Å². The van der Waals surface area contributed by atoms with E-state index >= 15 is 0 Å². The Morgan fingerprint density at radius 1 is 0.771 bits per heavy atom. The first-order valence-corrected chi connectivity index (χ1v) is 17.1. The second-order valence-electron chi connectivity index (χ2n) is 11.0. The van der Waals surface area contributed by atoms with Crippen molar-refractivity contribution in [2.45, 2.75) is 23.8 Å². The van der Waals surface area contributed by atoms with Crippen LogP contribution < -0.4 is 24.3 Å². The summed E-state index contributed by atoms with van der Waals surface area (Å²) < 4.78 is 51.0. The molecular formula is C36H41ClN2O8S. The predicted octanol–water partition coefficient (Wildman–Crippen LogP) is 5.88. The lowest BCUT2D eigenvalue weighted by molar-refractivity contribution is -0.143. The SMILES string of the molecule is COc1ccc(CCNC(c2ccc(Cl)cc2)C(CN(CCc2ccc(OC)c(OC)c2)S(=O)(=O)c2ccccc2)C(=O)O)cc1OC. The first-order valence-electron chi connectivity index (χ1n) is 15.3. The van der Waals surface area contributed by atoms with Crippen LogP contribution in [-0.4, -0.2) is 71.9 Å².